The SMILES string of the molecule is Cc1cc(C)nc(CCNCc2cccc(OC[C@H](O)CN3CCOCC3)c2)n1. The predicted molar refractivity (Wildman–Crippen MR) is 112 cm³/mol. The lowest BCUT2D eigenvalue weighted by atomic mass is 10.2. The Labute approximate surface area is 173 Å². The molecule has 1 atom stereocenters. The van der Waals surface area contributed by atoms with Crippen molar-refractivity contribution in [3.8, 4) is 5.75 Å². The average molecular weight is 401 g/mol. The first-order valence-corrected chi connectivity index (χ1v) is 10.3. The molecule has 0 saturated carbocycles. The lowest BCUT2D eigenvalue weighted by Crippen LogP contribution is -2.42. The van der Waals surface area contributed by atoms with Crippen molar-refractivity contribution in [2.45, 2.75) is 32.9 Å². The summed E-state index contributed by atoms with van der Waals surface area (Å²) < 4.78 is 11.1. The van der Waals surface area contributed by atoms with Crippen molar-refractivity contribution < 1.29 is 14.6 Å². The molecule has 7 heteroatoms. The Morgan fingerprint density at radius 3 is 2.69 bits per heavy atom. The lowest BCUT2D eigenvalue weighted by Gasteiger charge is -2.28. The largest absolute Gasteiger partial charge is 0.491 e. The van der Waals surface area contributed by atoms with Crippen LogP contribution in [-0.4, -0.2) is 72.1 Å². The highest BCUT2D eigenvalue weighted by Gasteiger charge is 2.15. The average Bonchev–Trinajstić information content (AvgIpc) is 2.70. The van der Waals surface area contributed by atoms with Gasteiger partial charge in [-0.3, -0.25) is 4.90 Å². The Kier molecular flexibility index (Phi) is 8.37. The maximum absolute atomic E-state index is 10.2. The van der Waals surface area contributed by atoms with Gasteiger partial charge < -0.3 is 19.9 Å². The van der Waals surface area contributed by atoms with Crippen molar-refractivity contribution in [2.24, 2.45) is 0 Å². The molecule has 158 valence electrons. The molecule has 0 amide bonds. The minimum atomic E-state index is -0.507. The van der Waals surface area contributed by atoms with Gasteiger partial charge in [0.05, 0.1) is 13.2 Å². The number of morpholine rings is 1. The molecule has 1 aliphatic rings. The van der Waals surface area contributed by atoms with Crippen LogP contribution >= 0.6 is 0 Å². The Morgan fingerprint density at radius 2 is 1.93 bits per heavy atom. The van der Waals surface area contributed by atoms with E-state index in [4.69, 9.17) is 9.47 Å². The number of aliphatic hydroxyl groups is 1. The number of β-amino-alcohol motifs (C(OH)–C–C–N with tert-alkyl or cyclic N) is 1. The monoisotopic (exact) mass is 400 g/mol. The van der Waals surface area contributed by atoms with Gasteiger partial charge in [-0.25, -0.2) is 9.97 Å². The van der Waals surface area contributed by atoms with E-state index in [9.17, 15) is 5.11 Å². The fourth-order valence-electron chi connectivity index (χ4n) is 3.42. The maximum atomic E-state index is 10.2. The van der Waals surface area contributed by atoms with Gasteiger partial charge in [0.1, 0.15) is 24.3 Å². The number of nitrogens with zero attached hydrogens (tertiary/aromatic N) is 3. The highest BCUT2D eigenvalue weighted by atomic mass is 16.5. The van der Waals surface area contributed by atoms with Gasteiger partial charge in [-0.05, 0) is 37.6 Å². The molecule has 1 saturated heterocycles. The molecule has 0 spiro atoms. The Balaban J connectivity index is 1.38. The standard InChI is InChI=1S/C22H32N4O3/c1-17-12-18(2)25-22(24-17)6-7-23-14-19-4-3-5-21(13-19)29-16-20(27)15-26-8-10-28-11-9-26/h3-5,12-13,20,23,27H,6-11,14-16H2,1-2H3/t20-/m1/s1. The van der Waals surface area contributed by atoms with Crippen LogP contribution in [0.4, 0.5) is 0 Å². The zero-order valence-corrected chi connectivity index (χ0v) is 17.4. The molecule has 0 bridgehead atoms. The third-order valence-corrected chi connectivity index (χ3v) is 4.80. The van der Waals surface area contributed by atoms with E-state index in [0.717, 1.165) is 74.3 Å². The minimum Gasteiger partial charge on any atom is -0.491 e. The first-order valence-electron chi connectivity index (χ1n) is 10.3. The van der Waals surface area contributed by atoms with Gasteiger partial charge in [0.25, 0.3) is 0 Å². The minimum absolute atomic E-state index is 0.290. The summed E-state index contributed by atoms with van der Waals surface area (Å²) >= 11 is 0. The fraction of sp³-hybridized carbons (Fsp3) is 0.545. The number of ether oxygens (including phenoxy) is 2. The molecule has 0 radical (unpaired) electrons. The number of hydrogen-bond donors (Lipinski definition) is 2. The van der Waals surface area contributed by atoms with E-state index < -0.39 is 6.10 Å². The maximum Gasteiger partial charge on any atom is 0.130 e. The molecule has 29 heavy (non-hydrogen) atoms. The van der Waals surface area contributed by atoms with Crippen LogP contribution in [0.2, 0.25) is 0 Å². The van der Waals surface area contributed by atoms with Gasteiger partial charge in [-0.15, -0.1) is 0 Å². The zero-order chi connectivity index (χ0) is 20.5. The number of benzene rings is 1. The van der Waals surface area contributed by atoms with E-state index in [1.54, 1.807) is 0 Å². The Hall–Kier alpha value is -2.06. The van der Waals surface area contributed by atoms with Crippen molar-refractivity contribution >= 4 is 0 Å². The first kappa shape index (κ1) is 21.6. The number of hydrogen-bond acceptors (Lipinski definition) is 7. The second kappa shape index (κ2) is 11.2. The Bertz CT molecular complexity index is 745. The molecule has 3 rings (SSSR count). The van der Waals surface area contributed by atoms with Gasteiger partial charge in [0.15, 0.2) is 0 Å². The van der Waals surface area contributed by atoms with E-state index in [1.165, 1.54) is 0 Å². The number of aryl methyl sites for hydroxylation is 2. The lowest BCUT2D eigenvalue weighted by molar-refractivity contribution is 0.00465. The summed E-state index contributed by atoms with van der Waals surface area (Å²) in [5.41, 5.74) is 3.16. The molecule has 2 N–H and O–H groups in total. The van der Waals surface area contributed by atoms with E-state index in [0.29, 0.717) is 6.54 Å². The zero-order valence-electron chi connectivity index (χ0n) is 17.4. The summed E-state index contributed by atoms with van der Waals surface area (Å²) in [6.45, 7) is 9.66. The van der Waals surface area contributed by atoms with Crippen molar-refractivity contribution in [1.29, 1.82) is 0 Å². The van der Waals surface area contributed by atoms with Crippen LogP contribution in [0.25, 0.3) is 0 Å². The van der Waals surface area contributed by atoms with Crippen molar-refractivity contribution in [1.82, 2.24) is 20.2 Å². The molecule has 1 aromatic carbocycles. The first-order chi connectivity index (χ1) is 14.1. The molecule has 7 nitrogen and oxygen atoms in total. The smallest absolute Gasteiger partial charge is 0.130 e. The van der Waals surface area contributed by atoms with Crippen molar-refractivity contribution in [3.63, 3.8) is 0 Å². The van der Waals surface area contributed by atoms with Gasteiger partial charge >= 0.3 is 0 Å². The summed E-state index contributed by atoms with van der Waals surface area (Å²) in [5.74, 6) is 1.66. The molecular weight excluding hydrogens is 368 g/mol. The second-order valence-corrected chi connectivity index (χ2v) is 7.52. The van der Waals surface area contributed by atoms with Gasteiger partial charge in [-0.2, -0.15) is 0 Å². The van der Waals surface area contributed by atoms with E-state index in [-0.39, 0.29) is 6.61 Å². The molecule has 2 aromatic rings. The van der Waals surface area contributed by atoms with Gasteiger partial charge in [-0.1, -0.05) is 12.1 Å². The number of aliphatic hydroxyl groups excluding tert-OH is 1. The summed E-state index contributed by atoms with van der Waals surface area (Å²) in [4.78, 5) is 11.1. The molecule has 1 fully saturated rings. The number of rotatable bonds is 10. The van der Waals surface area contributed by atoms with Crippen LogP contribution in [0.1, 0.15) is 22.8 Å². The van der Waals surface area contributed by atoms with Crippen LogP contribution in [0.15, 0.2) is 30.3 Å². The summed E-state index contributed by atoms with van der Waals surface area (Å²) in [6, 6.07) is 9.97. The highest BCUT2D eigenvalue weighted by Crippen LogP contribution is 2.14. The van der Waals surface area contributed by atoms with Crippen LogP contribution in [0.3, 0.4) is 0 Å². The quantitative estimate of drug-likeness (QED) is 0.585. The predicted octanol–water partition coefficient (Wildman–Crippen LogP) is 1.50. The van der Waals surface area contributed by atoms with Crippen LogP contribution < -0.4 is 10.1 Å². The summed E-state index contributed by atoms with van der Waals surface area (Å²) in [7, 11) is 0. The normalized spacial score (nSPS) is 16.0. The van der Waals surface area contributed by atoms with Gasteiger partial charge in [0, 0.05) is 50.5 Å². The number of aromatic nitrogens is 2. The molecule has 1 aromatic heterocycles. The summed E-state index contributed by atoms with van der Waals surface area (Å²) in [5, 5.41) is 13.7. The summed E-state index contributed by atoms with van der Waals surface area (Å²) in [6.07, 6.45) is 0.291. The van der Waals surface area contributed by atoms with Crippen LogP contribution in [0, 0.1) is 13.8 Å². The number of nitrogens with one attached hydrogen (secondary N) is 1. The topological polar surface area (TPSA) is 79.7 Å². The van der Waals surface area contributed by atoms with Gasteiger partial charge in [0.2, 0.25) is 0 Å². The third-order valence-electron chi connectivity index (χ3n) is 4.80. The van der Waals surface area contributed by atoms with E-state index in [1.807, 2.05) is 38.1 Å². The molecular formula is C22H32N4O3. The second-order valence-electron chi connectivity index (χ2n) is 7.52. The molecule has 0 unspecified atom stereocenters. The Morgan fingerprint density at radius 1 is 1.17 bits per heavy atom. The van der Waals surface area contributed by atoms with Crippen LogP contribution in [-0.2, 0) is 17.7 Å². The molecule has 2 heterocycles. The van der Waals surface area contributed by atoms with Crippen molar-refractivity contribution in [3.05, 3.63) is 53.1 Å². The van der Waals surface area contributed by atoms with E-state index in [2.05, 4.69) is 26.3 Å². The fourth-order valence-corrected chi connectivity index (χ4v) is 3.42. The van der Waals surface area contributed by atoms with Crippen molar-refractivity contribution in [2.75, 3.05) is 46.0 Å². The van der Waals surface area contributed by atoms with E-state index >= 15 is 0 Å². The third kappa shape index (κ3) is 7.70. The molecule has 1 aliphatic heterocycles. The molecule has 0 aliphatic carbocycles. The van der Waals surface area contributed by atoms with Crippen LogP contribution in [0.5, 0.6) is 5.75 Å². The highest BCUT2D eigenvalue weighted by molar-refractivity contribution is 5.28.